The summed E-state index contributed by atoms with van der Waals surface area (Å²) in [5.41, 5.74) is 1.21. The number of hydrogen-bond donors (Lipinski definition) is 1. The van der Waals surface area contributed by atoms with E-state index in [2.05, 4.69) is 17.3 Å². The molecule has 1 saturated heterocycles. The average molecular weight is 522 g/mol. The molecule has 2 aliphatic rings. The van der Waals surface area contributed by atoms with Crippen molar-refractivity contribution >= 4 is 63.9 Å². The molecular weight excluding hydrogens is 499 g/mol. The number of piperidine rings is 1. The predicted molar refractivity (Wildman–Crippen MR) is 135 cm³/mol. The molecule has 34 heavy (non-hydrogen) atoms. The summed E-state index contributed by atoms with van der Waals surface area (Å²) in [6, 6.07) is 11.3. The van der Waals surface area contributed by atoms with Crippen molar-refractivity contribution in [2.45, 2.75) is 18.9 Å². The van der Waals surface area contributed by atoms with Crippen molar-refractivity contribution in [1.29, 1.82) is 0 Å². The Labute approximate surface area is 212 Å². The van der Waals surface area contributed by atoms with Crippen LogP contribution in [0.2, 0.25) is 10.0 Å². The van der Waals surface area contributed by atoms with Gasteiger partial charge in [0.15, 0.2) is 0 Å². The van der Waals surface area contributed by atoms with Gasteiger partial charge in [-0.15, -0.1) is 0 Å². The second kappa shape index (κ2) is 9.96. The maximum Gasteiger partial charge on any atom is 0.283 e. The Morgan fingerprint density at radius 3 is 2.15 bits per heavy atom. The lowest BCUT2D eigenvalue weighted by Gasteiger charge is -2.35. The monoisotopic (exact) mass is 520 g/mol. The zero-order valence-electron chi connectivity index (χ0n) is 18.6. The van der Waals surface area contributed by atoms with E-state index in [0.29, 0.717) is 11.3 Å². The molecule has 0 bridgehead atoms. The number of anilines is 2. The van der Waals surface area contributed by atoms with Crippen LogP contribution in [0.25, 0.3) is 0 Å². The molecule has 7 nitrogen and oxygen atoms in total. The Morgan fingerprint density at radius 2 is 1.56 bits per heavy atom. The van der Waals surface area contributed by atoms with Gasteiger partial charge in [-0.05, 0) is 75.4 Å². The number of rotatable bonds is 5. The van der Waals surface area contributed by atoms with E-state index in [9.17, 15) is 14.4 Å². The van der Waals surface area contributed by atoms with Gasteiger partial charge in [0.05, 0.1) is 5.69 Å². The molecule has 0 unspecified atom stereocenters. The van der Waals surface area contributed by atoms with Gasteiger partial charge in [-0.3, -0.25) is 14.4 Å². The lowest BCUT2D eigenvalue weighted by Crippen LogP contribution is -2.44. The molecule has 0 saturated carbocycles. The second-order valence-electron chi connectivity index (χ2n) is 8.42. The van der Waals surface area contributed by atoms with Gasteiger partial charge in [0, 0.05) is 34.4 Å². The molecular formula is C24H23Cl3N4O3. The first-order valence-electron chi connectivity index (χ1n) is 10.7. The van der Waals surface area contributed by atoms with E-state index < -0.39 is 11.8 Å². The number of nitrogens with zero attached hydrogens (tertiary/aromatic N) is 3. The summed E-state index contributed by atoms with van der Waals surface area (Å²) in [5.74, 6) is -1.37. The third-order valence-corrected chi connectivity index (χ3v) is 6.88. The van der Waals surface area contributed by atoms with Crippen LogP contribution >= 0.6 is 34.8 Å². The molecule has 10 heteroatoms. The summed E-state index contributed by atoms with van der Waals surface area (Å²) < 4.78 is 0. The van der Waals surface area contributed by atoms with Crippen molar-refractivity contribution in [1.82, 2.24) is 9.80 Å². The molecule has 178 valence electrons. The standard InChI is InChI=1S/C24H23Cl3N4O3/c1-29-9-7-18(8-10-29)30(2)22(32)14-3-5-17(6-4-14)28-21-20(27)23(33)31(24(21)34)19-12-15(25)11-16(26)13-19/h3-6,11-13,18,28H,7-10H2,1-2H3. The van der Waals surface area contributed by atoms with Crippen LogP contribution in [0.3, 0.4) is 0 Å². The molecule has 0 aliphatic carbocycles. The molecule has 2 aromatic rings. The zero-order chi connectivity index (χ0) is 24.6. The van der Waals surface area contributed by atoms with Crippen molar-refractivity contribution in [3.8, 4) is 0 Å². The summed E-state index contributed by atoms with van der Waals surface area (Å²) in [6.07, 6.45) is 1.88. The molecule has 2 heterocycles. The van der Waals surface area contributed by atoms with Crippen LogP contribution in [0.5, 0.6) is 0 Å². The van der Waals surface area contributed by atoms with Gasteiger partial charge in [-0.25, -0.2) is 4.90 Å². The summed E-state index contributed by atoms with van der Waals surface area (Å²) >= 11 is 18.2. The summed E-state index contributed by atoms with van der Waals surface area (Å²) in [5, 5.41) is 3.22. The number of carbonyl (C=O) groups excluding carboxylic acids is 3. The smallest absolute Gasteiger partial charge is 0.283 e. The third-order valence-electron chi connectivity index (χ3n) is 6.09. The van der Waals surface area contributed by atoms with E-state index in [1.165, 1.54) is 18.2 Å². The van der Waals surface area contributed by atoms with Crippen molar-refractivity contribution in [3.05, 3.63) is 68.8 Å². The Morgan fingerprint density at radius 1 is 0.971 bits per heavy atom. The molecule has 4 rings (SSSR count). The summed E-state index contributed by atoms with van der Waals surface area (Å²) in [4.78, 5) is 43.5. The van der Waals surface area contributed by atoms with Crippen molar-refractivity contribution < 1.29 is 14.4 Å². The van der Waals surface area contributed by atoms with Gasteiger partial charge in [0.25, 0.3) is 17.7 Å². The van der Waals surface area contributed by atoms with Gasteiger partial charge in [-0.1, -0.05) is 34.8 Å². The number of nitrogens with one attached hydrogen (secondary N) is 1. The SMILES string of the molecule is CN1CCC(N(C)C(=O)c2ccc(NC3=C(Cl)C(=O)N(c4cc(Cl)cc(Cl)c4)C3=O)cc2)CC1. The van der Waals surface area contributed by atoms with E-state index >= 15 is 0 Å². The minimum absolute atomic E-state index is 0.0607. The Kier molecular flexibility index (Phi) is 7.19. The lowest BCUT2D eigenvalue weighted by atomic mass is 10.0. The van der Waals surface area contributed by atoms with Gasteiger partial charge in [0.1, 0.15) is 10.7 Å². The molecule has 0 atom stereocenters. The highest BCUT2D eigenvalue weighted by Crippen LogP contribution is 2.33. The minimum atomic E-state index is -0.681. The van der Waals surface area contributed by atoms with E-state index in [1.807, 2.05) is 7.05 Å². The van der Waals surface area contributed by atoms with Crippen LogP contribution in [0.15, 0.2) is 53.2 Å². The first kappa shape index (κ1) is 24.5. The normalized spacial score (nSPS) is 17.5. The van der Waals surface area contributed by atoms with E-state index in [0.717, 1.165) is 30.8 Å². The van der Waals surface area contributed by atoms with Crippen LogP contribution in [0, 0.1) is 0 Å². The van der Waals surface area contributed by atoms with Gasteiger partial charge in [0.2, 0.25) is 0 Å². The first-order chi connectivity index (χ1) is 16.2. The second-order valence-corrected chi connectivity index (χ2v) is 9.67. The fourth-order valence-electron chi connectivity index (χ4n) is 4.11. The molecule has 3 amide bonds. The topological polar surface area (TPSA) is 73.0 Å². The fraction of sp³-hybridized carbons (Fsp3) is 0.292. The maximum absolute atomic E-state index is 13.0. The van der Waals surface area contributed by atoms with E-state index in [-0.39, 0.29) is 38.4 Å². The quantitative estimate of drug-likeness (QED) is 0.583. The molecule has 0 aromatic heterocycles. The fourth-order valence-corrected chi connectivity index (χ4v) is 4.83. The van der Waals surface area contributed by atoms with E-state index in [4.69, 9.17) is 34.8 Å². The highest BCUT2D eigenvalue weighted by molar-refractivity contribution is 6.53. The third kappa shape index (κ3) is 4.93. The van der Waals surface area contributed by atoms with E-state index in [1.54, 1.807) is 29.2 Å². The molecule has 1 fully saturated rings. The Hall–Kier alpha value is -2.58. The maximum atomic E-state index is 13.0. The first-order valence-corrected chi connectivity index (χ1v) is 11.9. The van der Waals surface area contributed by atoms with Gasteiger partial charge < -0.3 is 15.1 Å². The van der Waals surface area contributed by atoms with Crippen LogP contribution in [0.1, 0.15) is 23.2 Å². The van der Waals surface area contributed by atoms with Crippen molar-refractivity contribution in [2.75, 3.05) is 37.4 Å². The lowest BCUT2D eigenvalue weighted by molar-refractivity contribution is -0.120. The number of carbonyl (C=O) groups is 3. The molecule has 1 N–H and O–H groups in total. The number of likely N-dealkylation sites (tertiary alicyclic amines) is 1. The van der Waals surface area contributed by atoms with Crippen LogP contribution < -0.4 is 10.2 Å². The van der Waals surface area contributed by atoms with Gasteiger partial charge >= 0.3 is 0 Å². The zero-order valence-corrected chi connectivity index (χ0v) is 20.9. The predicted octanol–water partition coefficient (Wildman–Crippen LogP) is 4.60. The van der Waals surface area contributed by atoms with Crippen molar-refractivity contribution in [3.63, 3.8) is 0 Å². The van der Waals surface area contributed by atoms with Crippen molar-refractivity contribution in [2.24, 2.45) is 0 Å². The molecule has 0 spiro atoms. The molecule has 2 aromatic carbocycles. The number of hydrogen-bond acceptors (Lipinski definition) is 5. The van der Waals surface area contributed by atoms with Crippen LogP contribution in [-0.4, -0.2) is 60.7 Å². The van der Waals surface area contributed by atoms with Gasteiger partial charge in [-0.2, -0.15) is 0 Å². The molecule has 2 aliphatic heterocycles. The number of benzene rings is 2. The summed E-state index contributed by atoms with van der Waals surface area (Å²) in [7, 11) is 3.91. The molecule has 0 radical (unpaired) electrons. The highest BCUT2D eigenvalue weighted by atomic mass is 35.5. The Balaban J connectivity index is 1.47. The summed E-state index contributed by atoms with van der Waals surface area (Å²) in [6.45, 7) is 1.93. The number of amides is 3. The largest absolute Gasteiger partial charge is 0.350 e. The highest BCUT2D eigenvalue weighted by Gasteiger charge is 2.39. The minimum Gasteiger partial charge on any atom is -0.350 e. The van der Waals surface area contributed by atoms with Crippen LogP contribution in [0.4, 0.5) is 11.4 Å². The number of imide groups is 1. The Bertz CT molecular complexity index is 1150. The average Bonchev–Trinajstić information content (AvgIpc) is 3.01. The number of halogens is 3. The van der Waals surface area contributed by atoms with Crippen LogP contribution in [-0.2, 0) is 9.59 Å².